The summed E-state index contributed by atoms with van der Waals surface area (Å²) in [6.45, 7) is 2.15. The first-order chi connectivity index (χ1) is 6.27. The number of halogens is 1. The van der Waals surface area contributed by atoms with Crippen molar-refractivity contribution in [3.63, 3.8) is 0 Å². The average molecular weight is 179 g/mol. The van der Waals surface area contributed by atoms with Crippen molar-refractivity contribution in [2.75, 3.05) is 0 Å². The Hall–Kier alpha value is -1.47. The normalized spacial score (nSPS) is 9.38. The summed E-state index contributed by atoms with van der Waals surface area (Å²) < 4.78 is 13.0. The Morgan fingerprint density at radius 3 is 2.92 bits per heavy atom. The number of benzene rings is 1. The lowest BCUT2D eigenvalue weighted by Crippen LogP contribution is -1.90. The third-order valence-corrected chi connectivity index (χ3v) is 1.82. The molecular formula is C10H10FNO. The number of isocyanates is 1. The molecule has 0 aliphatic heterocycles. The van der Waals surface area contributed by atoms with Gasteiger partial charge >= 0.3 is 0 Å². The molecule has 0 saturated heterocycles. The van der Waals surface area contributed by atoms with Gasteiger partial charge in [0.15, 0.2) is 0 Å². The van der Waals surface area contributed by atoms with Crippen molar-refractivity contribution in [3.05, 3.63) is 35.1 Å². The maximum absolute atomic E-state index is 13.0. The van der Waals surface area contributed by atoms with Gasteiger partial charge in [0.25, 0.3) is 0 Å². The van der Waals surface area contributed by atoms with Gasteiger partial charge in [0.1, 0.15) is 5.82 Å². The highest BCUT2D eigenvalue weighted by Crippen LogP contribution is 2.11. The van der Waals surface area contributed by atoms with Crippen LogP contribution in [0, 0.1) is 5.82 Å². The highest BCUT2D eigenvalue weighted by Gasteiger charge is 2.00. The fourth-order valence-corrected chi connectivity index (χ4v) is 1.12. The number of nitrogens with zero attached hydrogens (tertiary/aromatic N) is 1. The van der Waals surface area contributed by atoms with E-state index in [2.05, 4.69) is 4.99 Å². The summed E-state index contributed by atoms with van der Waals surface area (Å²) in [6.07, 6.45) is 2.09. The minimum atomic E-state index is -0.207. The lowest BCUT2D eigenvalue weighted by atomic mass is 10.1. The van der Waals surface area contributed by atoms with Crippen LogP contribution in [0.25, 0.3) is 0 Å². The van der Waals surface area contributed by atoms with Gasteiger partial charge in [0, 0.05) is 0 Å². The molecule has 0 atom stereocenters. The van der Waals surface area contributed by atoms with Crippen molar-refractivity contribution in [1.29, 1.82) is 0 Å². The number of hydrogen-bond donors (Lipinski definition) is 0. The Kier molecular flexibility index (Phi) is 3.35. The van der Waals surface area contributed by atoms with Crippen molar-refractivity contribution in [1.82, 2.24) is 0 Å². The van der Waals surface area contributed by atoms with Crippen molar-refractivity contribution in [2.45, 2.75) is 19.9 Å². The molecule has 0 N–H and O–H groups in total. The first kappa shape index (κ1) is 9.62. The standard InChI is InChI=1S/C10H10FNO/c1-2-9-5-8(6-12-7-13)3-4-10(9)11/h3-5H,2,6H2,1H3. The zero-order valence-electron chi connectivity index (χ0n) is 7.38. The van der Waals surface area contributed by atoms with Crippen LogP contribution in [0.4, 0.5) is 4.39 Å². The van der Waals surface area contributed by atoms with E-state index in [1.54, 1.807) is 12.1 Å². The molecule has 13 heavy (non-hydrogen) atoms. The van der Waals surface area contributed by atoms with Gasteiger partial charge in [-0.15, -0.1) is 0 Å². The van der Waals surface area contributed by atoms with Gasteiger partial charge in [-0.25, -0.2) is 14.2 Å². The van der Waals surface area contributed by atoms with Crippen LogP contribution in [0.3, 0.4) is 0 Å². The predicted octanol–water partition coefficient (Wildman–Crippen LogP) is 2.22. The molecule has 1 rings (SSSR count). The molecule has 0 unspecified atom stereocenters. The fraction of sp³-hybridized carbons (Fsp3) is 0.300. The molecule has 0 aliphatic carbocycles. The molecule has 0 heterocycles. The van der Waals surface area contributed by atoms with E-state index in [1.165, 1.54) is 12.1 Å². The van der Waals surface area contributed by atoms with Crippen LogP contribution in [-0.2, 0) is 17.8 Å². The van der Waals surface area contributed by atoms with Crippen LogP contribution in [0.15, 0.2) is 23.2 Å². The van der Waals surface area contributed by atoms with Crippen molar-refractivity contribution < 1.29 is 9.18 Å². The fourth-order valence-electron chi connectivity index (χ4n) is 1.12. The number of carbonyl (C=O) groups excluding carboxylic acids is 1. The molecule has 0 aliphatic rings. The molecule has 1 aromatic rings. The Balaban J connectivity index is 2.92. The quantitative estimate of drug-likeness (QED) is 0.516. The van der Waals surface area contributed by atoms with Crippen LogP contribution >= 0.6 is 0 Å². The van der Waals surface area contributed by atoms with E-state index in [9.17, 15) is 9.18 Å². The van der Waals surface area contributed by atoms with Gasteiger partial charge in [0.05, 0.1) is 6.54 Å². The number of aliphatic imine (C=N–C) groups is 1. The van der Waals surface area contributed by atoms with Crippen LogP contribution in [-0.4, -0.2) is 6.08 Å². The highest BCUT2D eigenvalue weighted by atomic mass is 19.1. The summed E-state index contributed by atoms with van der Waals surface area (Å²) in [5.74, 6) is -0.207. The predicted molar refractivity (Wildman–Crippen MR) is 47.6 cm³/mol. The molecule has 0 amide bonds. The lowest BCUT2D eigenvalue weighted by molar-refractivity contribution is 0.562. The Bertz CT molecular complexity index is 343. The summed E-state index contributed by atoms with van der Waals surface area (Å²) in [5, 5.41) is 0. The van der Waals surface area contributed by atoms with E-state index in [0.29, 0.717) is 12.0 Å². The van der Waals surface area contributed by atoms with Crippen molar-refractivity contribution in [3.8, 4) is 0 Å². The van der Waals surface area contributed by atoms with E-state index < -0.39 is 0 Å². The first-order valence-corrected chi connectivity index (χ1v) is 4.09. The molecule has 2 nitrogen and oxygen atoms in total. The number of hydrogen-bond acceptors (Lipinski definition) is 2. The third-order valence-electron chi connectivity index (χ3n) is 1.82. The average Bonchev–Trinajstić information content (AvgIpc) is 2.16. The molecule has 0 spiro atoms. The van der Waals surface area contributed by atoms with E-state index in [4.69, 9.17) is 0 Å². The highest BCUT2D eigenvalue weighted by molar-refractivity contribution is 5.34. The first-order valence-electron chi connectivity index (χ1n) is 4.09. The summed E-state index contributed by atoms with van der Waals surface area (Å²) in [4.78, 5) is 13.3. The van der Waals surface area contributed by atoms with E-state index in [-0.39, 0.29) is 12.4 Å². The zero-order chi connectivity index (χ0) is 9.68. The van der Waals surface area contributed by atoms with Crippen LogP contribution in [0.5, 0.6) is 0 Å². The molecule has 0 bridgehead atoms. The zero-order valence-corrected chi connectivity index (χ0v) is 7.38. The minimum absolute atomic E-state index is 0.207. The van der Waals surface area contributed by atoms with Crippen LogP contribution in [0.2, 0.25) is 0 Å². The van der Waals surface area contributed by atoms with Gasteiger partial charge in [-0.05, 0) is 23.6 Å². The Morgan fingerprint density at radius 1 is 1.54 bits per heavy atom. The van der Waals surface area contributed by atoms with Gasteiger partial charge in [-0.2, -0.15) is 0 Å². The van der Waals surface area contributed by atoms with Gasteiger partial charge in [0.2, 0.25) is 6.08 Å². The molecule has 0 fully saturated rings. The van der Waals surface area contributed by atoms with Crippen molar-refractivity contribution in [2.24, 2.45) is 4.99 Å². The van der Waals surface area contributed by atoms with Gasteiger partial charge in [-0.1, -0.05) is 19.1 Å². The molecule has 3 heteroatoms. The lowest BCUT2D eigenvalue weighted by Gasteiger charge is -2.01. The molecule has 0 aromatic heterocycles. The Morgan fingerprint density at radius 2 is 2.31 bits per heavy atom. The van der Waals surface area contributed by atoms with Crippen molar-refractivity contribution >= 4 is 6.08 Å². The van der Waals surface area contributed by atoms with Crippen LogP contribution in [0.1, 0.15) is 18.1 Å². The Labute approximate surface area is 76.1 Å². The second kappa shape index (κ2) is 4.53. The van der Waals surface area contributed by atoms with E-state index in [0.717, 1.165) is 5.56 Å². The van der Waals surface area contributed by atoms with E-state index >= 15 is 0 Å². The number of aryl methyl sites for hydroxylation is 1. The molecule has 68 valence electrons. The smallest absolute Gasteiger partial charge is 0.211 e. The molecule has 0 radical (unpaired) electrons. The molecule has 0 saturated carbocycles. The summed E-state index contributed by atoms with van der Waals surface area (Å²) in [6, 6.07) is 4.74. The van der Waals surface area contributed by atoms with E-state index in [1.807, 2.05) is 6.92 Å². The van der Waals surface area contributed by atoms with Gasteiger partial charge in [-0.3, -0.25) is 0 Å². The summed E-state index contributed by atoms with van der Waals surface area (Å²) in [7, 11) is 0. The summed E-state index contributed by atoms with van der Waals surface area (Å²) >= 11 is 0. The van der Waals surface area contributed by atoms with Crippen LogP contribution < -0.4 is 0 Å². The second-order valence-electron chi connectivity index (χ2n) is 2.69. The molecular weight excluding hydrogens is 169 g/mol. The molecule has 1 aromatic carbocycles. The number of rotatable bonds is 3. The largest absolute Gasteiger partial charge is 0.235 e. The SMILES string of the molecule is CCc1cc(CN=C=O)ccc1F. The monoisotopic (exact) mass is 179 g/mol. The second-order valence-corrected chi connectivity index (χ2v) is 2.69. The topological polar surface area (TPSA) is 29.4 Å². The summed E-state index contributed by atoms with van der Waals surface area (Å²) in [5.41, 5.74) is 1.49. The maximum atomic E-state index is 13.0. The third kappa shape index (κ3) is 2.49. The maximum Gasteiger partial charge on any atom is 0.235 e. The minimum Gasteiger partial charge on any atom is -0.211 e. The van der Waals surface area contributed by atoms with Gasteiger partial charge < -0.3 is 0 Å².